The molecule has 8 heteroatoms. The van der Waals surface area contributed by atoms with Crippen LogP contribution in [0.1, 0.15) is 6.42 Å². The summed E-state index contributed by atoms with van der Waals surface area (Å²) in [5.74, 6) is -0.739. The number of rotatable bonds is 8. The number of benzene rings is 1. The fourth-order valence-corrected chi connectivity index (χ4v) is 2.70. The van der Waals surface area contributed by atoms with Gasteiger partial charge in [0.25, 0.3) is 0 Å². The summed E-state index contributed by atoms with van der Waals surface area (Å²) in [5.41, 5.74) is 0. The van der Waals surface area contributed by atoms with E-state index in [4.69, 9.17) is 14.6 Å². The fraction of sp³-hybridized carbons (Fsp3) is 0.417. The molecule has 0 aliphatic carbocycles. The Morgan fingerprint density at radius 2 is 1.90 bits per heavy atom. The number of hydrogen-bond donors (Lipinski definition) is 2. The molecule has 1 aromatic rings. The van der Waals surface area contributed by atoms with Crippen molar-refractivity contribution in [3.8, 4) is 5.75 Å². The van der Waals surface area contributed by atoms with Gasteiger partial charge in [0.1, 0.15) is 11.8 Å². The summed E-state index contributed by atoms with van der Waals surface area (Å²) in [6.07, 6.45) is 0.0429. The minimum absolute atomic E-state index is 0.0260. The van der Waals surface area contributed by atoms with Gasteiger partial charge >= 0.3 is 5.97 Å². The molecule has 0 aliphatic rings. The highest BCUT2D eigenvalue weighted by molar-refractivity contribution is 7.89. The van der Waals surface area contributed by atoms with Crippen LogP contribution in [0.4, 0.5) is 0 Å². The molecule has 112 valence electrons. The lowest BCUT2D eigenvalue weighted by molar-refractivity contribution is -0.139. The molecule has 1 atom stereocenters. The zero-order valence-electron chi connectivity index (χ0n) is 11.2. The van der Waals surface area contributed by atoms with E-state index in [9.17, 15) is 13.2 Å². The maximum absolute atomic E-state index is 12.1. The Labute approximate surface area is 117 Å². The third-order valence-corrected chi connectivity index (χ3v) is 4.06. The van der Waals surface area contributed by atoms with Crippen LogP contribution >= 0.6 is 0 Å². The molecule has 7 nitrogen and oxygen atoms in total. The average molecular weight is 303 g/mol. The Hall–Kier alpha value is -1.64. The summed E-state index contributed by atoms with van der Waals surface area (Å²) in [7, 11) is -1.02. The number of carbonyl (C=O) groups is 1. The molecule has 0 saturated heterocycles. The van der Waals surface area contributed by atoms with Gasteiger partial charge in [0.05, 0.1) is 12.0 Å². The molecule has 1 unspecified atom stereocenters. The number of hydrogen-bond acceptors (Lipinski definition) is 5. The topological polar surface area (TPSA) is 102 Å². The van der Waals surface area contributed by atoms with Crippen LogP contribution in [0.25, 0.3) is 0 Å². The van der Waals surface area contributed by atoms with Gasteiger partial charge in [-0.1, -0.05) is 0 Å². The van der Waals surface area contributed by atoms with Crippen LogP contribution in [-0.4, -0.2) is 46.4 Å². The monoisotopic (exact) mass is 303 g/mol. The summed E-state index contributed by atoms with van der Waals surface area (Å²) in [4.78, 5) is 11.0. The van der Waals surface area contributed by atoms with Crippen molar-refractivity contribution in [2.24, 2.45) is 0 Å². The second kappa shape index (κ2) is 7.22. The van der Waals surface area contributed by atoms with Gasteiger partial charge in [0, 0.05) is 13.7 Å². The van der Waals surface area contributed by atoms with E-state index in [1.54, 1.807) is 0 Å². The molecular formula is C12H17NO6S. The first-order chi connectivity index (χ1) is 9.40. The quantitative estimate of drug-likeness (QED) is 0.723. The first-order valence-corrected chi connectivity index (χ1v) is 7.27. The van der Waals surface area contributed by atoms with Crippen molar-refractivity contribution in [2.75, 3.05) is 20.8 Å². The van der Waals surface area contributed by atoms with Gasteiger partial charge in [-0.25, -0.2) is 8.42 Å². The highest BCUT2D eigenvalue weighted by Gasteiger charge is 2.25. The number of ether oxygens (including phenoxy) is 2. The molecule has 1 rings (SSSR count). The lowest BCUT2D eigenvalue weighted by Gasteiger charge is -2.14. The first kappa shape index (κ1) is 16.4. The molecule has 0 bridgehead atoms. The van der Waals surface area contributed by atoms with Gasteiger partial charge in [-0.3, -0.25) is 4.79 Å². The predicted octanol–water partition coefficient (Wildman–Crippen LogP) is 0.463. The number of sulfonamides is 1. The van der Waals surface area contributed by atoms with Crippen molar-refractivity contribution in [3.05, 3.63) is 24.3 Å². The van der Waals surface area contributed by atoms with E-state index in [-0.39, 0.29) is 17.9 Å². The number of carboxylic acids is 1. The SMILES string of the molecule is COCCC(NS(=O)(=O)c1ccc(OC)cc1)C(=O)O. The standard InChI is InChI=1S/C12H17NO6S/c1-18-8-7-11(12(14)15)13-20(16,17)10-5-3-9(19-2)4-6-10/h3-6,11,13H,7-8H2,1-2H3,(H,14,15). The van der Waals surface area contributed by atoms with E-state index in [2.05, 4.69) is 4.72 Å². The van der Waals surface area contributed by atoms with Gasteiger partial charge in [0.2, 0.25) is 10.0 Å². The summed E-state index contributed by atoms with van der Waals surface area (Å²) < 4.78 is 35.9. The van der Waals surface area contributed by atoms with Gasteiger partial charge in [-0.2, -0.15) is 4.72 Å². The van der Waals surface area contributed by atoms with Crippen molar-refractivity contribution in [2.45, 2.75) is 17.4 Å². The molecule has 0 spiro atoms. The van der Waals surface area contributed by atoms with Gasteiger partial charge in [-0.05, 0) is 30.7 Å². The van der Waals surface area contributed by atoms with Crippen LogP contribution < -0.4 is 9.46 Å². The minimum Gasteiger partial charge on any atom is -0.497 e. The molecule has 20 heavy (non-hydrogen) atoms. The van der Waals surface area contributed by atoms with Crippen LogP contribution in [0.3, 0.4) is 0 Å². The van der Waals surface area contributed by atoms with Crippen LogP contribution in [0, 0.1) is 0 Å². The minimum atomic E-state index is -3.90. The molecule has 2 N–H and O–H groups in total. The molecule has 0 heterocycles. The Morgan fingerprint density at radius 3 is 2.35 bits per heavy atom. The fourth-order valence-electron chi connectivity index (χ4n) is 1.48. The number of nitrogens with one attached hydrogen (secondary N) is 1. The Kier molecular flexibility index (Phi) is 5.93. The molecule has 0 aromatic heterocycles. The van der Waals surface area contributed by atoms with E-state index in [0.29, 0.717) is 5.75 Å². The second-order valence-electron chi connectivity index (χ2n) is 3.97. The van der Waals surface area contributed by atoms with E-state index in [0.717, 1.165) is 0 Å². The Balaban J connectivity index is 2.88. The Bertz CT molecular complexity index is 540. The maximum Gasteiger partial charge on any atom is 0.321 e. The largest absolute Gasteiger partial charge is 0.497 e. The first-order valence-electron chi connectivity index (χ1n) is 5.79. The van der Waals surface area contributed by atoms with Crippen molar-refractivity contribution >= 4 is 16.0 Å². The summed E-state index contributed by atoms with van der Waals surface area (Å²) in [6.45, 7) is 0.141. The number of carboxylic acid groups (broad SMARTS) is 1. The smallest absolute Gasteiger partial charge is 0.321 e. The molecular weight excluding hydrogens is 286 g/mol. The van der Waals surface area contributed by atoms with Gasteiger partial charge in [-0.15, -0.1) is 0 Å². The molecule has 0 fully saturated rings. The van der Waals surface area contributed by atoms with Gasteiger partial charge in [0.15, 0.2) is 0 Å². The van der Waals surface area contributed by atoms with Crippen molar-refractivity contribution < 1.29 is 27.8 Å². The summed E-state index contributed by atoms with van der Waals surface area (Å²) in [5, 5.41) is 8.99. The van der Waals surface area contributed by atoms with Gasteiger partial charge < -0.3 is 14.6 Å². The zero-order chi connectivity index (χ0) is 15.2. The molecule has 0 saturated carbocycles. The van der Waals surface area contributed by atoms with Crippen LogP contribution in [0.15, 0.2) is 29.2 Å². The zero-order valence-corrected chi connectivity index (χ0v) is 12.0. The van der Waals surface area contributed by atoms with E-state index in [1.165, 1.54) is 38.5 Å². The predicted molar refractivity (Wildman–Crippen MR) is 71.2 cm³/mol. The van der Waals surface area contributed by atoms with Crippen LogP contribution in [0.5, 0.6) is 5.75 Å². The molecule has 0 radical (unpaired) electrons. The summed E-state index contributed by atoms with van der Waals surface area (Å²) in [6, 6.07) is 4.42. The second-order valence-corrected chi connectivity index (χ2v) is 5.68. The third-order valence-electron chi connectivity index (χ3n) is 2.58. The van der Waals surface area contributed by atoms with E-state index < -0.39 is 22.0 Å². The third kappa shape index (κ3) is 4.48. The van der Waals surface area contributed by atoms with Crippen LogP contribution in [0.2, 0.25) is 0 Å². The summed E-state index contributed by atoms with van der Waals surface area (Å²) >= 11 is 0. The Morgan fingerprint density at radius 1 is 1.30 bits per heavy atom. The lowest BCUT2D eigenvalue weighted by Crippen LogP contribution is -2.41. The highest BCUT2D eigenvalue weighted by atomic mass is 32.2. The lowest BCUT2D eigenvalue weighted by atomic mass is 10.2. The maximum atomic E-state index is 12.1. The average Bonchev–Trinajstić information content (AvgIpc) is 2.43. The normalized spacial score (nSPS) is 12.9. The van der Waals surface area contributed by atoms with Crippen molar-refractivity contribution in [1.29, 1.82) is 0 Å². The number of aliphatic carboxylic acids is 1. The molecule has 1 aromatic carbocycles. The van der Waals surface area contributed by atoms with Crippen molar-refractivity contribution in [1.82, 2.24) is 4.72 Å². The van der Waals surface area contributed by atoms with Crippen molar-refractivity contribution in [3.63, 3.8) is 0 Å². The van der Waals surface area contributed by atoms with E-state index in [1.807, 2.05) is 0 Å². The highest BCUT2D eigenvalue weighted by Crippen LogP contribution is 2.16. The van der Waals surface area contributed by atoms with E-state index >= 15 is 0 Å². The number of methoxy groups -OCH3 is 2. The molecule has 0 aliphatic heterocycles. The molecule has 0 amide bonds. The van der Waals surface area contributed by atoms with Crippen LogP contribution in [-0.2, 0) is 19.6 Å².